The standard InChI is InChI=1S/C19H15BrClNO/c1-12(23)22-19-14(5-2-13-3-7-17(21)8-4-13)10-15-11-16(20)6-9-18(15)19/h2-9,11H,10H2,1H3,(H,22,23)/b5-2+. The Bertz CT molecular complexity index is 822. The molecule has 0 saturated heterocycles. The van der Waals surface area contributed by atoms with Gasteiger partial charge in [-0.3, -0.25) is 4.79 Å². The first-order chi connectivity index (χ1) is 11.0. The van der Waals surface area contributed by atoms with Gasteiger partial charge in [0.15, 0.2) is 0 Å². The van der Waals surface area contributed by atoms with Gasteiger partial charge in [-0.2, -0.15) is 0 Å². The Kier molecular flexibility index (Phi) is 4.69. The van der Waals surface area contributed by atoms with E-state index in [-0.39, 0.29) is 5.91 Å². The number of hydrogen-bond donors (Lipinski definition) is 1. The van der Waals surface area contributed by atoms with E-state index in [4.69, 9.17) is 11.6 Å². The Labute approximate surface area is 149 Å². The maximum absolute atomic E-state index is 11.5. The molecule has 2 aromatic rings. The van der Waals surface area contributed by atoms with E-state index in [1.165, 1.54) is 12.5 Å². The largest absolute Gasteiger partial charge is 0.326 e. The Morgan fingerprint density at radius 2 is 1.91 bits per heavy atom. The van der Waals surface area contributed by atoms with Crippen LogP contribution in [0.25, 0.3) is 11.8 Å². The molecule has 0 fully saturated rings. The summed E-state index contributed by atoms with van der Waals surface area (Å²) in [4.78, 5) is 11.5. The molecule has 0 saturated carbocycles. The zero-order chi connectivity index (χ0) is 16.4. The van der Waals surface area contributed by atoms with Gasteiger partial charge in [0.05, 0.1) is 5.70 Å². The molecule has 116 valence electrons. The Morgan fingerprint density at radius 1 is 1.17 bits per heavy atom. The summed E-state index contributed by atoms with van der Waals surface area (Å²) < 4.78 is 1.04. The maximum Gasteiger partial charge on any atom is 0.221 e. The lowest BCUT2D eigenvalue weighted by Gasteiger charge is -2.07. The minimum absolute atomic E-state index is 0.0619. The number of allylic oxidation sites excluding steroid dienone is 2. The number of fused-ring (bicyclic) bond motifs is 1. The number of amides is 1. The summed E-state index contributed by atoms with van der Waals surface area (Å²) in [5, 5.41) is 3.69. The van der Waals surface area contributed by atoms with E-state index >= 15 is 0 Å². The summed E-state index contributed by atoms with van der Waals surface area (Å²) >= 11 is 9.41. The molecule has 2 aromatic carbocycles. The predicted molar refractivity (Wildman–Crippen MR) is 99.1 cm³/mol. The molecule has 0 heterocycles. The van der Waals surface area contributed by atoms with Crippen molar-refractivity contribution in [3.8, 4) is 0 Å². The van der Waals surface area contributed by atoms with Crippen molar-refractivity contribution in [2.75, 3.05) is 0 Å². The second kappa shape index (κ2) is 6.73. The Hall–Kier alpha value is -1.84. The third-order valence-corrected chi connectivity index (χ3v) is 4.43. The summed E-state index contributed by atoms with van der Waals surface area (Å²) in [6.45, 7) is 1.53. The highest BCUT2D eigenvalue weighted by atomic mass is 79.9. The van der Waals surface area contributed by atoms with Crippen LogP contribution in [0.5, 0.6) is 0 Å². The van der Waals surface area contributed by atoms with E-state index in [0.29, 0.717) is 0 Å². The first-order valence-corrected chi connectivity index (χ1v) is 8.43. The lowest BCUT2D eigenvalue weighted by molar-refractivity contribution is -0.117. The quantitative estimate of drug-likeness (QED) is 0.767. The average molecular weight is 389 g/mol. The molecule has 1 aliphatic rings. The van der Waals surface area contributed by atoms with Crippen LogP contribution in [0.4, 0.5) is 0 Å². The van der Waals surface area contributed by atoms with Crippen LogP contribution in [0.15, 0.2) is 58.6 Å². The molecular weight excluding hydrogens is 374 g/mol. The van der Waals surface area contributed by atoms with Gasteiger partial charge in [0.1, 0.15) is 0 Å². The van der Waals surface area contributed by atoms with Gasteiger partial charge in [0.25, 0.3) is 0 Å². The van der Waals surface area contributed by atoms with Crippen molar-refractivity contribution in [3.63, 3.8) is 0 Å². The molecule has 4 heteroatoms. The van der Waals surface area contributed by atoms with Crippen molar-refractivity contribution in [2.45, 2.75) is 13.3 Å². The number of halogens is 2. The molecule has 0 atom stereocenters. The number of benzene rings is 2. The van der Waals surface area contributed by atoms with Crippen LogP contribution in [0.1, 0.15) is 23.6 Å². The van der Waals surface area contributed by atoms with Crippen molar-refractivity contribution < 1.29 is 4.79 Å². The maximum atomic E-state index is 11.5. The number of nitrogens with one attached hydrogen (secondary N) is 1. The molecule has 0 radical (unpaired) electrons. The summed E-state index contributed by atoms with van der Waals surface area (Å²) in [7, 11) is 0. The Morgan fingerprint density at radius 3 is 2.61 bits per heavy atom. The monoisotopic (exact) mass is 387 g/mol. The van der Waals surface area contributed by atoms with Gasteiger partial charge >= 0.3 is 0 Å². The molecule has 0 unspecified atom stereocenters. The third kappa shape index (κ3) is 3.74. The van der Waals surface area contributed by atoms with Crippen molar-refractivity contribution in [1.82, 2.24) is 5.32 Å². The van der Waals surface area contributed by atoms with Gasteiger partial charge in [-0.15, -0.1) is 0 Å². The molecule has 23 heavy (non-hydrogen) atoms. The molecule has 1 aliphatic carbocycles. The van der Waals surface area contributed by atoms with Gasteiger partial charge in [-0.1, -0.05) is 57.9 Å². The summed E-state index contributed by atoms with van der Waals surface area (Å²) in [6.07, 6.45) is 4.89. The number of rotatable bonds is 3. The van der Waals surface area contributed by atoms with E-state index in [9.17, 15) is 4.79 Å². The molecular formula is C19H15BrClNO. The van der Waals surface area contributed by atoms with Crippen LogP contribution >= 0.6 is 27.5 Å². The van der Waals surface area contributed by atoms with Crippen LogP contribution in [0.2, 0.25) is 5.02 Å². The van der Waals surface area contributed by atoms with Gasteiger partial charge in [0, 0.05) is 28.4 Å². The number of hydrogen-bond acceptors (Lipinski definition) is 1. The summed E-state index contributed by atoms with van der Waals surface area (Å²) in [5.74, 6) is -0.0619. The van der Waals surface area contributed by atoms with E-state index in [0.717, 1.165) is 38.3 Å². The van der Waals surface area contributed by atoms with Crippen LogP contribution in [0.3, 0.4) is 0 Å². The van der Waals surface area contributed by atoms with Gasteiger partial charge in [-0.05, 0) is 41.0 Å². The van der Waals surface area contributed by atoms with Crippen LogP contribution < -0.4 is 5.32 Å². The van der Waals surface area contributed by atoms with E-state index in [1.807, 2.05) is 42.5 Å². The Balaban J connectivity index is 1.95. The molecule has 2 nitrogen and oxygen atoms in total. The van der Waals surface area contributed by atoms with Crippen molar-refractivity contribution >= 4 is 45.2 Å². The SMILES string of the molecule is CC(=O)NC1=C(/C=C/c2ccc(Cl)cc2)Cc2cc(Br)ccc21. The zero-order valence-corrected chi connectivity index (χ0v) is 14.9. The molecule has 1 amide bonds. The highest BCUT2D eigenvalue weighted by molar-refractivity contribution is 9.10. The van der Waals surface area contributed by atoms with E-state index in [2.05, 4.69) is 33.4 Å². The first kappa shape index (κ1) is 16.0. The average Bonchev–Trinajstić information content (AvgIpc) is 2.83. The highest BCUT2D eigenvalue weighted by Crippen LogP contribution is 2.34. The lowest BCUT2D eigenvalue weighted by Crippen LogP contribution is -2.18. The second-order valence-corrected chi connectivity index (χ2v) is 6.80. The minimum Gasteiger partial charge on any atom is -0.326 e. The first-order valence-electron chi connectivity index (χ1n) is 7.26. The normalized spacial score (nSPS) is 13.5. The fourth-order valence-corrected chi connectivity index (χ4v) is 3.19. The highest BCUT2D eigenvalue weighted by Gasteiger charge is 2.20. The number of carbonyl (C=O) groups is 1. The predicted octanol–water partition coefficient (Wildman–Crippen LogP) is 5.22. The molecule has 0 aliphatic heterocycles. The van der Waals surface area contributed by atoms with Crippen LogP contribution in [0, 0.1) is 0 Å². The van der Waals surface area contributed by atoms with Gasteiger partial charge < -0.3 is 5.32 Å². The van der Waals surface area contributed by atoms with Crippen molar-refractivity contribution in [2.24, 2.45) is 0 Å². The van der Waals surface area contributed by atoms with E-state index in [1.54, 1.807) is 0 Å². The van der Waals surface area contributed by atoms with Crippen LogP contribution in [-0.4, -0.2) is 5.91 Å². The van der Waals surface area contributed by atoms with Crippen LogP contribution in [-0.2, 0) is 11.2 Å². The molecule has 0 aromatic heterocycles. The topological polar surface area (TPSA) is 29.1 Å². The smallest absolute Gasteiger partial charge is 0.221 e. The third-order valence-electron chi connectivity index (χ3n) is 3.69. The fourth-order valence-electron chi connectivity index (χ4n) is 2.66. The van der Waals surface area contributed by atoms with Crippen molar-refractivity contribution in [1.29, 1.82) is 0 Å². The van der Waals surface area contributed by atoms with E-state index < -0.39 is 0 Å². The molecule has 3 rings (SSSR count). The lowest BCUT2D eigenvalue weighted by atomic mass is 10.1. The zero-order valence-electron chi connectivity index (χ0n) is 12.6. The fraction of sp³-hybridized carbons (Fsp3) is 0.105. The van der Waals surface area contributed by atoms with Gasteiger partial charge in [0.2, 0.25) is 5.91 Å². The molecule has 1 N–H and O–H groups in total. The van der Waals surface area contributed by atoms with Gasteiger partial charge in [-0.25, -0.2) is 0 Å². The second-order valence-electron chi connectivity index (χ2n) is 5.44. The minimum atomic E-state index is -0.0619. The summed E-state index contributed by atoms with van der Waals surface area (Å²) in [5.41, 5.74) is 5.35. The van der Waals surface area contributed by atoms with Crippen molar-refractivity contribution in [3.05, 3.63) is 80.3 Å². The summed E-state index contributed by atoms with van der Waals surface area (Å²) in [6, 6.07) is 13.8. The number of carbonyl (C=O) groups excluding carboxylic acids is 1. The molecule has 0 spiro atoms. The molecule has 0 bridgehead atoms.